The molecule has 1 aromatic carbocycles. The largest absolute Gasteiger partial charge is 0.497 e. The first-order chi connectivity index (χ1) is 9.88. The molecule has 0 aliphatic heterocycles. The number of benzene rings is 1. The van der Waals surface area contributed by atoms with Crippen LogP contribution in [0.5, 0.6) is 5.75 Å². The van der Waals surface area contributed by atoms with Crippen molar-refractivity contribution in [2.24, 2.45) is 11.3 Å². The fourth-order valence-electron chi connectivity index (χ4n) is 3.51. The monoisotopic (exact) mass is 306 g/mol. The Labute approximate surface area is 133 Å². The van der Waals surface area contributed by atoms with E-state index in [1.807, 2.05) is 24.3 Å². The Bertz CT molecular complexity index is 501. The molecule has 0 unspecified atom stereocenters. The molecule has 1 aromatic rings. The zero-order valence-corrected chi connectivity index (χ0v) is 14.2. The average molecular weight is 306 g/mol. The van der Waals surface area contributed by atoms with E-state index < -0.39 is 0 Å². The Morgan fingerprint density at radius 3 is 2.76 bits per heavy atom. The van der Waals surface area contributed by atoms with Crippen LogP contribution in [0.4, 0.5) is 5.69 Å². The summed E-state index contributed by atoms with van der Waals surface area (Å²) in [6.45, 7) is 7.01. The van der Waals surface area contributed by atoms with E-state index in [0.717, 1.165) is 23.8 Å². The molecule has 3 nitrogen and oxygen atoms in total. The van der Waals surface area contributed by atoms with Gasteiger partial charge in [0.1, 0.15) is 5.75 Å². The van der Waals surface area contributed by atoms with Gasteiger partial charge in [-0.2, -0.15) is 0 Å². The first-order valence-electron chi connectivity index (χ1n) is 7.59. The fraction of sp³-hybridized carbons (Fsp3) is 0.588. The van der Waals surface area contributed by atoms with Gasteiger partial charge >= 0.3 is 0 Å². The highest BCUT2D eigenvalue weighted by molar-refractivity contribution is 7.80. The Hall–Kier alpha value is -1.29. The first kappa shape index (κ1) is 16.1. The maximum atomic E-state index is 5.45. The van der Waals surface area contributed by atoms with E-state index in [0.29, 0.717) is 16.6 Å². The van der Waals surface area contributed by atoms with Gasteiger partial charge in [0, 0.05) is 17.8 Å². The molecule has 1 fully saturated rings. The molecular weight excluding hydrogens is 280 g/mol. The van der Waals surface area contributed by atoms with Crippen LogP contribution in [0.3, 0.4) is 0 Å². The van der Waals surface area contributed by atoms with E-state index >= 15 is 0 Å². The van der Waals surface area contributed by atoms with Gasteiger partial charge in [-0.05, 0) is 54.9 Å². The fourth-order valence-corrected chi connectivity index (χ4v) is 3.79. The van der Waals surface area contributed by atoms with Crippen LogP contribution in [-0.4, -0.2) is 18.3 Å². The van der Waals surface area contributed by atoms with Gasteiger partial charge in [0.25, 0.3) is 0 Å². The molecule has 0 spiro atoms. The third kappa shape index (κ3) is 4.88. The topological polar surface area (TPSA) is 33.3 Å². The number of ether oxygens (including phenoxy) is 1. The number of nitrogens with one attached hydrogen (secondary N) is 2. The SMILES string of the molecule is COc1cccc(NC(=S)N[C@@H]2C[C@@H](C)CC(C)(C)C2)c1. The minimum Gasteiger partial charge on any atom is -0.497 e. The second-order valence-electron chi connectivity index (χ2n) is 6.94. The van der Waals surface area contributed by atoms with Crippen molar-refractivity contribution in [1.82, 2.24) is 5.32 Å². The van der Waals surface area contributed by atoms with E-state index in [1.165, 1.54) is 12.8 Å². The molecular formula is C17H26N2OS. The predicted octanol–water partition coefficient (Wildman–Crippen LogP) is 4.20. The quantitative estimate of drug-likeness (QED) is 0.820. The molecule has 0 amide bonds. The van der Waals surface area contributed by atoms with Crippen LogP contribution in [0.15, 0.2) is 24.3 Å². The van der Waals surface area contributed by atoms with Crippen LogP contribution in [0.2, 0.25) is 0 Å². The second-order valence-corrected chi connectivity index (χ2v) is 7.35. The van der Waals surface area contributed by atoms with Crippen LogP contribution in [0.1, 0.15) is 40.0 Å². The molecule has 4 heteroatoms. The van der Waals surface area contributed by atoms with Crippen LogP contribution in [-0.2, 0) is 0 Å². The molecule has 116 valence electrons. The van der Waals surface area contributed by atoms with E-state index in [-0.39, 0.29) is 0 Å². The number of methoxy groups -OCH3 is 1. The Balaban J connectivity index is 1.92. The van der Waals surface area contributed by atoms with Gasteiger partial charge in [-0.15, -0.1) is 0 Å². The number of thiocarbonyl (C=S) groups is 1. The molecule has 1 saturated carbocycles. The lowest BCUT2D eigenvalue weighted by molar-refractivity contribution is 0.162. The Kier molecular flexibility index (Phi) is 5.09. The summed E-state index contributed by atoms with van der Waals surface area (Å²) in [5.74, 6) is 1.57. The molecule has 0 bridgehead atoms. The summed E-state index contributed by atoms with van der Waals surface area (Å²) in [4.78, 5) is 0. The summed E-state index contributed by atoms with van der Waals surface area (Å²) in [5.41, 5.74) is 1.34. The molecule has 0 heterocycles. The minimum absolute atomic E-state index is 0.390. The summed E-state index contributed by atoms with van der Waals surface area (Å²) >= 11 is 5.45. The Morgan fingerprint density at radius 1 is 1.33 bits per heavy atom. The molecule has 2 atom stereocenters. The first-order valence-corrected chi connectivity index (χ1v) is 8.00. The molecule has 2 N–H and O–H groups in total. The highest BCUT2D eigenvalue weighted by Gasteiger charge is 2.32. The lowest BCUT2D eigenvalue weighted by Gasteiger charge is -2.39. The molecule has 21 heavy (non-hydrogen) atoms. The smallest absolute Gasteiger partial charge is 0.170 e. The molecule has 0 radical (unpaired) electrons. The van der Waals surface area contributed by atoms with Crippen molar-refractivity contribution in [3.63, 3.8) is 0 Å². The van der Waals surface area contributed by atoms with Gasteiger partial charge in [0.15, 0.2) is 5.11 Å². The maximum absolute atomic E-state index is 5.45. The molecule has 1 aliphatic rings. The summed E-state index contributed by atoms with van der Waals surface area (Å²) in [6, 6.07) is 8.27. The third-order valence-electron chi connectivity index (χ3n) is 4.05. The number of hydrogen-bond acceptors (Lipinski definition) is 2. The predicted molar refractivity (Wildman–Crippen MR) is 92.9 cm³/mol. The molecule has 2 rings (SSSR count). The van der Waals surface area contributed by atoms with Crippen LogP contribution >= 0.6 is 12.2 Å². The van der Waals surface area contributed by atoms with Gasteiger partial charge in [-0.1, -0.05) is 26.8 Å². The average Bonchev–Trinajstić information content (AvgIpc) is 2.36. The summed E-state index contributed by atoms with van der Waals surface area (Å²) in [7, 11) is 1.67. The van der Waals surface area contributed by atoms with Crippen molar-refractivity contribution in [3.05, 3.63) is 24.3 Å². The highest BCUT2D eigenvalue weighted by atomic mass is 32.1. The van der Waals surface area contributed by atoms with E-state index in [2.05, 4.69) is 31.4 Å². The summed E-state index contributed by atoms with van der Waals surface area (Å²) < 4.78 is 5.22. The lowest BCUT2D eigenvalue weighted by Crippen LogP contribution is -2.44. The van der Waals surface area contributed by atoms with Crippen LogP contribution in [0, 0.1) is 11.3 Å². The lowest BCUT2D eigenvalue weighted by atomic mass is 9.71. The highest BCUT2D eigenvalue weighted by Crippen LogP contribution is 2.38. The molecule has 0 aromatic heterocycles. The van der Waals surface area contributed by atoms with Crippen molar-refractivity contribution in [2.75, 3.05) is 12.4 Å². The zero-order chi connectivity index (χ0) is 15.5. The van der Waals surface area contributed by atoms with Gasteiger partial charge < -0.3 is 15.4 Å². The zero-order valence-electron chi connectivity index (χ0n) is 13.4. The number of rotatable bonds is 3. The van der Waals surface area contributed by atoms with Crippen molar-refractivity contribution < 1.29 is 4.74 Å². The van der Waals surface area contributed by atoms with Crippen LogP contribution in [0.25, 0.3) is 0 Å². The number of anilines is 1. The van der Waals surface area contributed by atoms with Crippen molar-refractivity contribution in [3.8, 4) is 5.75 Å². The van der Waals surface area contributed by atoms with Crippen molar-refractivity contribution in [2.45, 2.75) is 46.1 Å². The van der Waals surface area contributed by atoms with Gasteiger partial charge in [-0.25, -0.2) is 0 Å². The van der Waals surface area contributed by atoms with Crippen LogP contribution < -0.4 is 15.4 Å². The number of hydrogen-bond donors (Lipinski definition) is 2. The van der Waals surface area contributed by atoms with Gasteiger partial charge in [-0.3, -0.25) is 0 Å². The van der Waals surface area contributed by atoms with Gasteiger partial charge in [0.05, 0.1) is 7.11 Å². The molecule has 0 saturated heterocycles. The van der Waals surface area contributed by atoms with Crippen molar-refractivity contribution >= 4 is 23.0 Å². The van der Waals surface area contributed by atoms with E-state index in [9.17, 15) is 0 Å². The summed E-state index contributed by atoms with van der Waals surface area (Å²) in [5, 5.41) is 7.41. The maximum Gasteiger partial charge on any atom is 0.170 e. The third-order valence-corrected chi connectivity index (χ3v) is 4.27. The minimum atomic E-state index is 0.390. The van der Waals surface area contributed by atoms with Gasteiger partial charge in [0.2, 0.25) is 0 Å². The Morgan fingerprint density at radius 2 is 2.10 bits per heavy atom. The summed E-state index contributed by atoms with van der Waals surface area (Å²) in [6.07, 6.45) is 3.64. The molecule has 1 aliphatic carbocycles. The van der Waals surface area contributed by atoms with Crippen molar-refractivity contribution in [1.29, 1.82) is 0 Å². The second kappa shape index (κ2) is 6.65. The van der Waals surface area contributed by atoms with E-state index in [1.54, 1.807) is 7.11 Å². The normalized spacial score (nSPS) is 24.2. The standard InChI is InChI=1S/C17H26N2OS/c1-12-8-14(11-17(2,3)10-12)19-16(21)18-13-6-5-7-15(9-13)20-4/h5-7,9,12,14H,8,10-11H2,1-4H3,(H2,18,19,21)/t12-,14-/m1/s1. The van der Waals surface area contributed by atoms with E-state index in [4.69, 9.17) is 17.0 Å².